The lowest BCUT2D eigenvalue weighted by Crippen LogP contribution is -2.41. The molecule has 2 aromatic heterocycles. The summed E-state index contributed by atoms with van der Waals surface area (Å²) in [5.41, 5.74) is 1.02. The van der Waals surface area contributed by atoms with E-state index in [4.69, 9.17) is 9.47 Å². The number of halogens is 1. The first-order valence-corrected chi connectivity index (χ1v) is 9.75. The number of hydrogen-bond donors (Lipinski definition) is 0. The zero-order valence-corrected chi connectivity index (χ0v) is 17.5. The molecule has 10 nitrogen and oxygen atoms in total. The Hall–Kier alpha value is -3.31. The van der Waals surface area contributed by atoms with Crippen LogP contribution in [0.3, 0.4) is 0 Å². The number of aromatic nitrogens is 4. The molecule has 3 aromatic rings. The number of methoxy groups -OCH3 is 2. The number of aryl methyl sites for hydroxylation is 1. The molecule has 11 heteroatoms. The summed E-state index contributed by atoms with van der Waals surface area (Å²) < 4.78 is 27.9. The van der Waals surface area contributed by atoms with Crippen molar-refractivity contribution in [3.8, 4) is 0 Å². The van der Waals surface area contributed by atoms with E-state index in [1.807, 2.05) is 0 Å². The third-order valence-corrected chi connectivity index (χ3v) is 5.20. The van der Waals surface area contributed by atoms with E-state index in [1.165, 1.54) is 23.8 Å². The minimum absolute atomic E-state index is 0.130. The van der Waals surface area contributed by atoms with Crippen LogP contribution in [0.5, 0.6) is 0 Å². The fourth-order valence-electron chi connectivity index (χ4n) is 3.58. The van der Waals surface area contributed by atoms with E-state index in [1.54, 1.807) is 35.9 Å². The molecule has 1 aliphatic rings. The van der Waals surface area contributed by atoms with Gasteiger partial charge in [0, 0.05) is 21.3 Å². The zero-order chi connectivity index (χ0) is 22.1. The van der Waals surface area contributed by atoms with Gasteiger partial charge in [0.25, 0.3) is 5.56 Å². The predicted molar refractivity (Wildman–Crippen MR) is 113 cm³/mol. The number of hydrogen-bond acceptors (Lipinski definition) is 7. The van der Waals surface area contributed by atoms with E-state index < -0.39 is 11.2 Å². The van der Waals surface area contributed by atoms with Crippen molar-refractivity contribution in [3.63, 3.8) is 0 Å². The first-order chi connectivity index (χ1) is 15.0. The third-order valence-electron chi connectivity index (χ3n) is 5.20. The number of nitrogens with zero attached hydrogens (tertiary/aromatic N) is 6. The van der Waals surface area contributed by atoms with E-state index in [-0.39, 0.29) is 31.2 Å². The largest absolute Gasteiger partial charge is 0.383 e. The van der Waals surface area contributed by atoms with Gasteiger partial charge in [-0.3, -0.25) is 18.5 Å². The molecular formula is C20H23FN6O4. The van der Waals surface area contributed by atoms with Gasteiger partial charge in [-0.15, -0.1) is 0 Å². The quantitative estimate of drug-likeness (QED) is 0.543. The zero-order valence-electron chi connectivity index (χ0n) is 17.5. The number of rotatable bonds is 7. The molecule has 1 aliphatic heterocycles. The van der Waals surface area contributed by atoms with Crippen molar-refractivity contribution in [2.45, 2.75) is 13.1 Å². The average Bonchev–Trinajstić information content (AvgIpc) is 3.16. The molecule has 0 atom stereocenters. The van der Waals surface area contributed by atoms with Crippen molar-refractivity contribution in [2.24, 2.45) is 12.1 Å². The maximum Gasteiger partial charge on any atom is 0.332 e. The lowest BCUT2D eigenvalue weighted by atomic mass is 10.1. The van der Waals surface area contributed by atoms with Crippen LogP contribution in [0.4, 0.5) is 10.3 Å². The number of benzene rings is 1. The topological polar surface area (TPSA) is 95.9 Å². The SMILES string of the molecule is COCCN1N=C(c2ccc(F)cc2)Cn2c1nc1c2c(=O)n(CCOC)c(=O)n1C. The first-order valence-electron chi connectivity index (χ1n) is 9.75. The van der Waals surface area contributed by atoms with Crippen LogP contribution in [-0.4, -0.2) is 58.4 Å². The van der Waals surface area contributed by atoms with Crippen LogP contribution < -0.4 is 16.3 Å². The third kappa shape index (κ3) is 3.66. The molecule has 0 amide bonds. The van der Waals surface area contributed by atoms with Crippen LogP contribution >= 0.6 is 0 Å². The molecule has 0 bridgehead atoms. The van der Waals surface area contributed by atoms with Crippen molar-refractivity contribution < 1.29 is 13.9 Å². The Kier molecular flexibility index (Phi) is 5.70. The van der Waals surface area contributed by atoms with Crippen LogP contribution in [0.1, 0.15) is 5.56 Å². The fraction of sp³-hybridized carbons (Fsp3) is 0.400. The molecule has 0 saturated carbocycles. The molecule has 0 radical (unpaired) electrons. The van der Waals surface area contributed by atoms with Gasteiger partial charge >= 0.3 is 5.69 Å². The molecule has 3 heterocycles. The van der Waals surface area contributed by atoms with E-state index >= 15 is 0 Å². The van der Waals surface area contributed by atoms with Gasteiger partial charge in [0.2, 0.25) is 5.95 Å². The molecule has 4 rings (SSSR count). The second kappa shape index (κ2) is 8.44. The molecule has 164 valence electrons. The Morgan fingerprint density at radius 2 is 1.74 bits per heavy atom. The van der Waals surface area contributed by atoms with Gasteiger partial charge in [-0.2, -0.15) is 10.1 Å². The Bertz CT molecular complexity index is 1260. The minimum atomic E-state index is -0.465. The molecule has 0 fully saturated rings. The fourth-order valence-corrected chi connectivity index (χ4v) is 3.58. The smallest absolute Gasteiger partial charge is 0.332 e. The summed E-state index contributed by atoms with van der Waals surface area (Å²) in [5.74, 6) is 0.0932. The van der Waals surface area contributed by atoms with E-state index in [0.29, 0.717) is 30.3 Å². The van der Waals surface area contributed by atoms with Gasteiger partial charge in [0.15, 0.2) is 11.2 Å². The monoisotopic (exact) mass is 430 g/mol. The van der Waals surface area contributed by atoms with Gasteiger partial charge < -0.3 is 9.47 Å². The highest BCUT2D eigenvalue weighted by Crippen LogP contribution is 2.25. The molecule has 0 aliphatic carbocycles. The Balaban J connectivity index is 1.91. The Labute approximate surface area is 176 Å². The summed E-state index contributed by atoms with van der Waals surface area (Å²) in [7, 11) is 4.66. The van der Waals surface area contributed by atoms with Crippen molar-refractivity contribution in [1.29, 1.82) is 0 Å². The summed E-state index contributed by atoms with van der Waals surface area (Å²) in [6.07, 6.45) is 0. The van der Waals surface area contributed by atoms with Gasteiger partial charge in [-0.25, -0.2) is 14.2 Å². The normalized spacial score (nSPS) is 13.5. The van der Waals surface area contributed by atoms with E-state index in [2.05, 4.69) is 10.1 Å². The number of fused-ring (bicyclic) bond motifs is 3. The van der Waals surface area contributed by atoms with Crippen LogP contribution in [0.2, 0.25) is 0 Å². The van der Waals surface area contributed by atoms with Gasteiger partial charge in [-0.1, -0.05) is 12.1 Å². The summed E-state index contributed by atoms with van der Waals surface area (Å²) in [6.45, 7) is 1.37. The minimum Gasteiger partial charge on any atom is -0.383 e. The molecule has 1 aromatic carbocycles. The molecule has 0 unspecified atom stereocenters. The molecular weight excluding hydrogens is 407 g/mol. The Morgan fingerprint density at radius 3 is 2.42 bits per heavy atom. The number of anilines is 1. The highest BCUT2D eigenvalue weighted by molar-refractivity contribution is 6.02. The summed E-state index contributed by atoms with van der Waals surface area (Å²) in [5, 5.41) is 6.29. The van der Waals surface area contributed by atoms with Crippen LogP contribution in [0, 0.1) is 5.82 Å². The van der Waals surface area contributed by atoms with Gasteiger partial charge in [0.05, 0.1) is 38.6 Å². The maximum atomic E-state index is 13.4. The summed E-state index contributed by atoms with van der Waals surface area (Å²) >= 11 is 0. The van der Waals surface area contributed by atoms with E-state index in [0.717, 1.165) is 10.1 Å². The van der Waals surface area contributed by atoms with Crippen molar-refractivity contribution >= 4 is 22.8 Å². The van der Waals surface area contributed by atoms with Crippen molar-refractivity contribution in [1.82, 2.24) is 18.7 Å². The lowest BCUT2D eigenvalue weighted by molar-refractivity contribution is 0.184. The second-order valence-electron chi connectivity index (χ2n) is 7.13. The van der Waals surface area contributed by atoms with Gasteiger partial charge in [-0.05, 0) is 17.7 Å². The predicted octanol–water partition coefficient (Wildman–Crippen LogP) is 0.553. The molecule has 0 saturated heterocycles. The second-order valence-corrected chi connectivity index (χ2v) is 7.13. The maximum absolute atomic E-state index is 13.4. The van der Waals surface area contributed by atoms with Crippen LogP contribution in [0.15, 0.2) is 39.0 Å². The molecule has 31 heavy (non-hydrogen) atoms. The van der Waals surface area contributed by atoms with Crippen molar-refractivity contribution in [3.05, 3.63) is 56.5 Å². The summed E-state index contributed by atoms with van der Waals surface area (Å²) in [4.78, 5) is 30.5. The first kappa shape index (κ1) is 20.9. The highest BCUT2D eigenvalue weighted by Gasteiger charge is 2.28. The van der Waals surface area contributed by atoms with E-state index in [9.17, 15) is 14.0 Å². The highest BCUT2D eigenvalue weighted by atomic mass is 19.1. The van der Waals surface area contributed by atoms with Gasteiger partial charge in [0.1, 0.15) is 5.82 Å². The summed E-state index contributed by atoms with van der Waals surface area (Å²) in [6, 6.07) is 6.00. The standard InChI is InChI=1S/C20H23FN6O4/c1-24-17-16(18(28)25(20(24)29)8-10-30-2)26-12-15(13-4-6-14(21)7-5-13)23-27(9-11-31-3)19(26)22-17/h4-7H,8-12H2,1-3H3. The van der Waals surface area contributed by atoms with Crippen LogP contribution in [-0.2, 0) is 29.6 Å². The van der Waals surface area contributed by atoms with Crippen LogP contribution in [0.25, 0.3) is 11.2 Å². The average molecular weight is 430 g/mol. The molecule has 0 N–H and O–H groups in total. The molecule has 0 spiro atoms. The lowest BCUT2D eigenvalue weighted by Gasteiger charge is -2.26. The Morgan fingerprint density at radius 1 is 1.06 bits per heavy atom. The number of ether oxygens (including phenoxy) is 2. The van der Waals surface area contributed by atoms with Crippen molar-refractivity contribution in [2.75, 3.05) is 39.0 Å². The number of imidazole rings is 1. The number of hydrazone groups is 1.